The number of benzene rings is 3. The Hall–Kier alpha value is -3.56. The third-order valence-electron chi connectivity index (χ3n) is 6.56. The first-order valence-electron chi connectivity index (χ1n) is 13.0. The standard InChI is InChI=1S/C30H36ClN3O5S/c1-5-22(2)32-30(36)28(19-23-12-7-6-8-13-23)33(20-24-14-11-15-25(18-24)39-3)29(35)21-34(40(4,37)38)27-17-10-9-16-26(27)31/h6-18,22,28H,5,19-21H2,1-4H3,(H,32,36)/t22-,28+/m1/s1. The number of nitrogens with one attached hydrogen (secondary N) is 1. The van der Waals surface area contributed by atoms with Crippen molar-refractivity contribution < 1.29 is 22.7 Å². The van der Waals surface area contributed by atoms with Gasteiger partial charge in [-0.2, -0.15) is 0 Å². The summed E-state index contributed by atoms with van der Waals surface area (Å²) in [6.07, 6.45) is 1.97. The minimum atomic E-state index is -3.90. The van der Waals surface area contributed by atoms with Crippen molar-refractivity contribution in [2.45, 2.75) is 45.3 Å². The summed E-state index contributed by atoms with van der Waals surface area (Å²) >= 11 is 6.34. The number of methoxy groups -OCH3 is 1. The largest absolute Gasteiger partial charge is 0.497 e. The van der Waals surface area contributed by atoms with Crippen molar-refractivity contribution >= 4 is 39.1 Å². The van der Waals surface area contributed by atoms with E-state index in [4.69, 9.17) is 16.3 Å². The molecule has 0 unspecified atom stereocenters. The summed E-state index contributed by atoms with van der Waals surface area (Å²) in [6, 6.07) is 22.0. The van der Waals surface area contributed by atoms with Gasteiger partial charge in [-0.1, -0.05) is 73.1 Å². The molecular formula is C30H36ClN3O5S. The van der Waals surface area contributed by atoms with Crippen molar-refractivity contribution in [2.24, 2.45) is 0 Å². The van der Waals surface area contributed by atoms with E-state index in [1.165, 1.54) is 4.90 Å². The molecule has 214 valence electrons. The zero-order valence-electron chi connectivity index (χ0n) is 23.2. The van der Waals surface area contributed by atoms with Crippen LogP contribution >= 0.6 is 11.6 Å². The summed E-state index contributed by atoms with van der Waals surface area (Å²) in [4.78, 5) is 29.2. The van der Waals surface area contributed by atoms with Crippen LogP contribution in [0, 0.1) is 0 Å². The first-order chi connectivity index (χ1) is 19.0. The molecule has 0 bridgehead atoms. The van der Waals surface area contributed by atoms with Gasteiger partial charge in [-0.25, -0.2) is 8.42 Å². The van der Waals surface area contributed by atoms with E-state index in [-0.39, 0.29) is 35.6 Å². The zero-order chi connectivity index (χ0) is 29.3. The lowest BCUT2D eigenvalue weighted by Crippen LogP contribution is -2.54. The number of halogens is 1. The third kappa shape index (κ3) is 8.47. The van der Waals surface area contributed by atoms with Crippen LogP contribution in [0.1, 0.15) is 31.4 Å². The fraction of sp³-hybridized carbons (Fsp3) is 0.333. The van der Waals surface area contributed by atoms with Gasteiger partial charge < -0.3 is 15.0 Å². The van der Waals surface area contributed by atoms with Crippen LogP contribution in [0.4, 0.5) is 5.69 Å². The Morgan fingerprint density at radius 3 is 2.25 bits per heavy atom. The lowest BCUT2D eigenvalue weighted by Gasteiger charge is -2.34. The van der Waals surface area contributed by atoms with E-state index in [9.17, 15) is 18.0 Å². The van der Waals surface area contributed by atoms with Crippen molar-refractivity contribution in [1.29, 1.82) is 0 Å². The molecule has 0 spiro atoms. The first kappa shape index (κ1) is 31.0. The lowest BCUT2D eigenvalue weighted by molar-refractivity contribution is -0.140. The molecule has 0 aliphatic rings. The average molecular weight is 586 g/mol. The summed E-state index contributed by atoms with van der Waals surface area (Å²) in [6.45, 7) is 3.38. The Kier molecular flexibility index (Phi) is 11.0. The molecule has 0 aliphatic heterocycles. The fourth-order valence-corrected chi connectivity index (χ4v) is 5.36. The van der Waals surface area contributed by atoms with Crippen LogP contribution in [0.25, 0.3) is 0 Å². The number of nitrogens with zero attached hydrogens (tertiary/aromatic N) is 2. The molecule has 40 heavy (non-hydrogen) atoms. The van der Waals surface area contributed by atoms with Gasteiger partial charge in [-0.05, 0) is 48.7 Å². The van der Waals surface area contributed by atoms with Gasteiger partial charge >= 0.3 is 0 Å². The van der Waals surface area contributed by atoms with Gasteiger partial charge in [0.25, 0.3) is 0 Å². The number of hydrogen-bond donors (Lipinski definition) is 1. The maximum Gasteiger partial charge on any atom is 0.244 e. The molecule has 10 heteroatoms. The van der Waals surface area contributed by atoms with Gasteiger partial charge in [-0.15, -0.1) is 0 Å². The van der Waals surface area contributed by atoms with Crippen molar-refractivity contribution in [3.05, 3.63) is 95.0 Å². The summed E-state index contributed by atoms with van der Waals surface area (Å²) in [5.41, 5.74) is 1.78. The molecule has 0 heterocycles. The highest BCUT2D eigenvalue weighted by atomic mass is 35.5. The third-order valence-corrected chi connectivity index (χ3v) is 8.01. The Morgan fingerprint density at radius 2 is 1.62 bits per heavy atom. The number of amides is 2. The second kappa shape index (κ2) is 14.2. The summed E-state index contributed by atoms with van der Waals surface area (Å²) in [7, 11) is -2.35. The molecule has 1 N–H and O–H groups in total. The van der Waals surface area contributed by atoms with E-state index in [0.29, 0.717) is 12.2 Å². The van der Waals surface area contributed by atoms with Crippen LogP contribution in [-0.4, -0.2) is 57.1 Å². The number of carbonyl (C=O) groups excluding carboxylic acids is 2. The van der Waals surface area contributed by atoms with Crippen molar-refractivity contribution in [3.8, 4) is 5.75 Å². The van der Waals surface area contributed by atoms with E-state index >= 15 is 0 Å². The number of hydrogen-bond acceptors (Lipinski definition) is 5. The monoisotopic (exact) mass is 585 g/mol. The van der Waals surface area contributed by atoms with E-state index in [0.717, 1.165) is 21.7 Å². The predicted molar refractivity (Wildman–Crippen MR) is 159 cm³/mol. The average Bonchev–Trinajstić information content (AvgIpc) is 2.93. The topological polar surface area (TPSA) is 96.0 Å². The number of anilines is 1. The molecule has 0 aliphatic carbocycles. The number of sulfonamides is 1. The van der Waals surface area contributed by atoms with E-state index < -0.39 is 28.5 Å². The van der Waals surface area contributed by atoms with E-state index in [1.54, 1.807) is 49.6 Å². The highest BCUT2D eigenvalue weighted by Crippen LogP contribution is 2.28. The van der Waals surface area contributed by atoms with Crippen LogP contribution in [-0.2, 0) is 32.6 Å². The first-order valence-corrected chi connectivity index (χ1v) is 15.2. The molecule has 8 nitrogen and oxygen atoms in total. The van der Waals surface area contributed by atoms with Gasteiger partial charge in [0.2, 0.25) is 21.8 Å². The van der Waals surface area contributed by atoms with Crippen LogP contribution in [0.15, 0.2) is 78.9 Å². The zero-order valence-corrected chi connectivity index (χ0v) is 24.8. The fourth-order valence-electron chi connectivity index (χ4n) is 4.21. The molecule has 0 radical (unpaired) electrons. The van der Waals surface area contributed by atoms with Crippen LogP contribution < -0.4 is 14.4 Å². The van der Waals surface area contributed by atoms with Crippen molar-refractivity contribution in [1.82, 2.24) is 10.2 Å². The summed E-state index contributed by atoms with van der Waals surface area (Å²) in [5, 5.41) is 3.20. The Bertz CT molecular complexity index is 1400. The maximum atomic E-state index is 14.1. The molecule has 0 saturated heterocycles. The maximum absolute atomic E-state index is 14.1. The summed E-state index contributed by atoms with van der Waals surface area (Å²) in [5.74, 6) is -0.270. The van der Waals surface area contributed by atoms with Crippen LogP contribution in [0.2, 0.25) is 5.02 Å². The predicted octanol–water partition coefficient (Wildman–Crippen LogP) is 4.67. The van der Waals surface area contributed by atoms with Crippen LogP contribution in [0.5, 0.6) is 5.75 Å². The molecule has 3 aromatic rings. The minimum absolute atomic E-state index is 0.0571. The van der Waals surface area contributed by atoms with E-state index in [2.05, 4.69) is 5.32 Å². The lowest BCUT2D eigenvalue weighted by atomic mass is 10.0. The number of carbonyl (C=O) groups is 2. The molecule has 0 fully saturated rings. The normalized spacial score (nSPS) is 12.7. The molecule has 3 aromatic carbocycles. The molecular weight excluding hydrogens is 550 g/mol. The highest BCUT2D eigenvalue weighted by Gasteiger charge is 2.33. The Balaban J connectivity index is 2.08. The molecule has 0 saturated carbocycles. The van der Waals surface area contributed by atoms with Crippen molar-refractivity contribution in [2.75, 3.05) is 24.2 Å². The molecule has 0 aromatic heterocycles. The van der Waals surface area contributed by atoms with E-state index in [1.807, 2.05) is 50.2 Å². The molecule has 3 rings (SSSR count). The molecule has 2 atom stereocenters. The van der Waals surface area contributed by atoms with Gasteiger partial charge in [0.15, 0.2) is 0 Å². The minimum Gasteiger partial charge on any atom is -0.497 e. The van der Waals surface area contributed by atoms with Gasteiger partial charge in [0.05, 0.1) is 24.1 Å². The van der Waals surface area contributed by atoms with Gasteiger partial charge in [0.1, 0.15) is 18.3 Å². The second-order valence-corrected chi connectivity index (χ2v) is 11.9. The Labute approximate surface area is 241 Å². The van der Waals surface area contributed by atoms with Gasteiger partial charge in [-0.3, -0.25) is 13.9 Å². The number of para-hydroxylation sites is 1. The highest BCUT2D eigenvalue weighted by molar-refractivity contribution is 7.92. The number of ether oxygens (including phenoxy) is 1. The second-order valence-electron chi connectivity index (χ2n) is 9.62. The van der Waals surface area contributed by atoms with Crippen molar-refractivity contribution in [3.63, 3.8) is 0 Å². The smallest absolute Gasteiger partial charge is 0.244 e. The SMILES string of the molecule is CC[C@@H](C)NC(=O)[C@H](Cc1ccccc1)N(Cc1cccc(OC)c1)C(=O)CN(c1ccccc1Cl)S(C)(=O)=O. The van der Waals surface area contributed by atoms with Crippen LogP contribution in [0.3, 0.4) is 0 Å². The quantitative estimate of drug-likeness (QED) is 0.314. The summed E-state index contributed by atoms with van der Waals surface area (Å²) < 4.78 is 32.1. The van der Waals surface area contributed by atoms with Gasteiger partial charge in [0, 0.05) is 19.0 Å². The Morgan fingerprint density at radius 1 is 0.975 bits per heavy atom. The molecule has 2 amide bonds. The number of rotatable bonds is 13.